The standard InChI is InChI=1S/C21H24N2O2/c1-15-7-5-11-20(16(15)2)25-14-21-22-18-9-3-4-10-19(18)23(21)13-17-8-6-12-24-17/h3-5,7,9-11,17H,6,8,12-14H2,1-2H3. The Morgan fingerprint density at radius 2 is 2.04 bits per heavy atom. The van der Waals surface area contributed by atoms with Crippen LogP contribution in [0.15, 0.2) is 42.5 Å². The number of rotatable bonds is 5. The molecule has 0 bridgehead atoms. The number of nitrogens with zero attached hydrogens (tertiary/aromatic N) is 2. The van der Waals surface area contributed by atoms with Crippen molar-refractivity contribution in [2.24, 2.45) is 0 Å². The molecule has 4 rings (SSSR count). The van der Waals surface area contributed by atoms with Gasteiger partial charge in [-0.15, -0.1) is 0 Å². The molecule has 1 atom stereocenters. The first-order valence-electron chi connectivity index (χ1n) is 8.97. The zero-order valence-corrected chi connectivity index (χ0v) is 14.9. The van der Waals surface area contributed by atoms with Crippen LogP contribution in [0.5, 0.6) is 5.75 Å². The second-order valence-corrected chi connectivity index (χ2v) is 6.75. The van der Waals surface area contributed by atoms with E-state index in [1.807, 2.05) is 18.2 Å². The predicted molar refractivity (Wildman–Crippen MR) is 99.0 cm³/mol. The van der Waals surface area contributed by atoms with Gasteiger partial charge >= 0.3 is 0 Å². The number of ether oxygens (including phenoxy) is 2. The average molecular weight is 336 g/mol. The Kier molecular flexibility index (Phi) is 4.45. The molecule has 25 heavy (non-hydrogen) atoms. The molecule has 3 aromatic rings. The summed E-state index contributed by atoms with van der Waals surface area (Å²) < 4.78 is 14.2. The van der Waals surface area contributed by atoms with E-state index in [-0.39, 0.29) is 6.10 Å². The Hall–Kier alpha value is -2.33. The van der Waals surface area contributed by atoms with Gasteiger partial charge in [0.2, 0.25) is 0 Å². The van der Waals surface area contributed by atoms with Crippen LogP contribution in [0.2, 0.25) is 0 Å². The molecule has 0 spiro atoms. The lowest BCUT2D eigenvalue weighted by atomic mass is 10.1. The third-order valence-corrected chi connectivity index (χ3v) is 5.06. The maximum atomic E-state index is 6.11. The Morgan fingerprint density at radius 1 is 1.16 bits per heavy atom. The van der Waals surface area contributed by atoms with Gasteiger partial charge in [0.25, 0.3) is 0 Å². The second kappa shape index (κ2) is 6.89. The van der Waals surface area contributed by atoms with E-state index in [2.05, 4.69) is 42.7 Å². The third kappa shape index (κ3) is 3.27. The van der Waals surface area contributed by atoms with Crippen LogP contribution in [-0.2, 0) is 17.9 Å². The van der Waals surface area contributed by atoms with E-state index >= 15 is 0 Å². The first-order valence-corrected chi connectivity index (χ1v) is 8.97. The van der Waals surface area contributed by atoms with Crippen LogP contribution in [0.4, 0.5) is 0 Å². The fraction of sp³-hybridized carbons (Fsp3) is 0.381. The van der Waals surface area contributed by atoms with E-state index in [0.717, 1.165) is 48.6 Å². The van der Waals surface area contributed by atoms with Crippen LogP contribution in [-0.4, -0.2) is 22.3 Å². The molecule has 4 nitrogen and oxygen atoms in total. The SMILES string of the molecule is Cc1cccc(OCc2nc3ccccc3n2CC2CCCO2)c1C. The highest BCUT2D eigenvalue weighted by Crippen LogP contribution is 2.24. The van der Waals surface area contributed by atoms with Gasteiger partial charge in [-0.05, 0) is 56.0 Å². The number of para-hydroxylation sites is 2. The topological polar surface area (TPSA) is 36.3 Å². The van der Waals surface area contributed by atoms with E-state index in [4.69, 9.17) is 14.5 Å². The first kappa shape index (κ1) is 16.2. The monoisotopic (exact) mass is 336 g/mol. The molecule has 0 amide bonds. The van der Waals surface area contributed by atoms with Crippen molar-refractivity contribution in [1.82, 2.24) is 9.55 Å². The molecule has 1 saturated heterocycles. The van der Waals surface area contributed by atoms with Gasteiger partial charge in [-0.25, -0.2) is 4.98 Å². The van der Waals surface area contributed by atoms with Crippen molar-refractivity contribution < 1.29 is 9.47 Å². The quantitative estimate of drug-likeness (QED) is 0.692. The summed E-state index contributed by atoms with van der Waals surface area (Å²) >= 11 is 0. The van der Waals surface area contributed by atoms with Crippen molar-refractivity contribution in [2.45, 2.75) is 45.9 Å². The molecule has 1 unspecified atom stereocenters. The van der Waals surface area contributed by atoms with Gasteiger partial charge in [0.1, 0.15) is 18.2 Å². The van der Waals surface area contributed by atoms with E-state index in [9.17, 15) is 0 Å². The lowest BCUT2D eigenvalue weighted by molar-refractivity contribution is 0.0962. The van der Waals surface area contributed by atoms with E-state index in [1.54, 1.807) is 0 Å². The van der Waals surface area contributed by atoms with Gasteiger partial charge in [0.15, 0.2) is 0 Å². The maximum absolute atomic E-state index is 6.11. The van der Waals surface area contributed by atoms with Crippen LogP contribution >= 0.6 is 0 Å². The Labute approximate surface area is 148 Å². The molecule has 1 aliphatic rings. The van der Waals surface area contributed by atoms with Crippen molar-refractivity contribution in [1.29, 1.82) is 0 Å². The highest BCUT2D eigenvalue weighted by atomic mass is 16.5. The maximum Gasteiger partial charge on any atom is 0.148 e. The van der Waals surface area contributed by atoms with Crippen LogP contribution in [0.1, 0.15) is 29.8 Å². The minimum absolute atomic E-state index is 0.275. The molecule has 130 valence electrons. The van der Waals surface area contributed by atoms with Crippen LogP contribution in [0, 0.1) is 13.8 Å². The predicted octanol–water partition coefficient (Wildman–Crippen LogP) is 4.41. The summed E-state index contributed by atoms with van der Waals surface area (Å²) in [6.45, 7) is 6.37. The van der Waals surface area contributed by atoms with Crippen molar-refractivity contribution in [3.8, 4) is 5.75 Å². The van der Waals surface area contributed by atoms with Gasteiger partial charge in [-0.3, -0.25) is 0 Å². The summed E-state index contributed by atoms with van der Waals surface area (Å²) in [5.41, 5.74) is 4.59. The molecule has 2 aromatic carbocycles. The van der Waals surface area contributed by atoms with Crippen LogP contribution < -0.4 is 4.74 Å². The fourth-order valence-corrected chi connectivity index (χ4v) is 3.45. The summed E-state index contributed by atoms with van der Waals surface area (Å²) in [5.74, 6) is 1.88. The number of imidazole rings is 1. The normalized spacial score (nSPS) is 17.3. The smallest absolute Gasteiger partial charge is 0.148 e. The van der Waals surface area contributed by atoms with Gasteiger partial charge in [0, 0.05) is 6.61 Å². The van der Waals surface area contributed by atoms with Crippen molar-refractivity contribution in [2.75, 3.05) is 6.61 Å². The molecule has 0 radical (unpaired) electrons. The van der Waals surface area contributed by atoms with E-state index in [0.29, 0.717) is 6.61 Å². The third-order valence-electron chi connectivity index (χ3n) is 5.06. The molecular formula is C21H24N2O2. The van der Waals surface area contributed by atoms with Gasteiger partial charge in [0.05, 0.1) is 23.7 Å². The largest absolute Gasteiger partial charge is 0.485 e. The Bertz CT molecular complexity index is 879. The summed E-state index contributed by atoms with van der Waals surface area (Å²) in [6, 6.07) is 14.4. The van der Waals surface area contributed by atoms with E-state index < -0.39 is 0 Å². The number of fused-ring (bicyclic) bond motifs is 1. The lowest BCUT2D eigenvalue weighted by Crippen LogP contribution is -2.18. The van der Waals surface area contributed by atoms with Crippen molar-refractivity contribution >= 4 is 11.0 Å². The van der Waals surface area contributed by atoms with Crippen molar-refractivity contribution in [3.05, 3.63) is 59.4 Å². The second-order valence-electron chi connectivity index (χ2n) is 6.75. The fourth-order valence-electron chi connectivity index (χ4n) is 3.45. The number of benzene rings is 2. The molecule has 1 aromatic heterocycles. The minimum atomic E-state index is 0.275. The molecule has 2 heterocycles. The molecule has 0 aliphatic carbocycles. The van der Waals surface area contributed by atoms with Crippen molar-refractivity contribution in [3.63, 3.8) is 0 Å². The summed E-state index contributed by atoms with van der Waals surface area (Å²) in [7, 11) is 0. The lowest BCUT2D eigenvalue weighted by Gasteiger charge is -2.15. The summed E-state index contributed by atoms with van der Waals surface area (Å²) in [6.07, 6.45) is 2.53. The molecule has 0 saturated carbocycles. The number of aromatic nitrogens is 2. The van der Waals surface area contributed by atoms with Gasteiger partial charge < -0.3 is 14.0 Å². The highest BCUT2D eigenvalue weighted by Gasteiger charge is 2.20. The summed E-state index contributed by atoms with van der Waals surface area (Å²) in [4.78, 5) is 4.80. The number of aryl methyl sites for hydroxylation is 1. The first-order chi connectivity index (χ1) is 12.2. The average Bonchev–Trinajstić information content (AvgIpc) is 3.25. The van der Waals surface area contributed by atoms with Gasteiger partial charge in [-0.1, -0.05) is 24.3 Å². The Morgan fingerprint density at radius 3 is 2.88 bits per heavy atom. The van der Waals surface area contributed by atoms with Gasteiger partial charge in [-0.2, -0.15) is 0 Å². The molecule has 4 heteroatoms. The molecule has 1 fully saturated rings. The van der Waals surface area contributed by atoms with E-state index in [1.165, 1.54) is 11.1 Å². The Balaban J connectivity index is 1.62. The summed E-state index contributed by atoms with van der Waals surface area (Å²) in [5, 5.41) is 0. The van der Waals surface area contributed by atoms with Crippen LogP contribution in [0.3, 0.4) is 0 Å². The molecular weight excluding hydrogens is 312 g/mol. The number of hydrogen-bond donors (Lipinski definition) is 0. The highest BCUT2D eigenvalue weighted by molar-refractivity contribution is 5.75. The molecule has 0 N–H and O–H groups in total. The zero-order chi connectivity index (χ0) is 17.2. The minimum Gasteiger partial charge on any atom is -0.485 e. The molecule has 1 aliphatic heterocycles. The zero-order valence-electron chi connectivity index (χ0n) is 14.9. The van der Waals surface area contributed by atoms with Crippen LogP contribution in [0.25, 0.3) is 11.0 Å². The number of hydrogen-bond acceptors (Lipinski definition) is 3.